The van der Waals surface area contributed by atoms with Gasteiger partial charge in [0, 0.05) is 20.3 Å². The first-order valence-corrected chi connectivity index (χ1v) is 8.43. The average molecular weight is 340 g/mol. The fraction of sp³-hybridized carbons (Fsp3) is 0.444. The Morgan fingerprint density at radius 1 is 1.24 bits per heavy atom. The molecule has 1 aliphatic heterocycles. The van der Waals surface area contributed by atoms with E-state index >= 15 is 0 Å². The van der Waals surface area contributed by atoms with Crippen LogP contribution < -0.4 is 10.2 Å². The van der Waals surface area contributed by atoms with Gasteiger partial charge in [-0.1, -0.05) is 12.2 Å². The summed E-state index contributed by atoms with van der Waals surface area (Å²) in [5, 5.41) is 2.76. The highest BCUT2D eigenvalue weighted by Crippen LogP contribution is 2.52. The van der Waals surface area contributed by atoms with E-state index in [-0.39, 0.29) is 42.0 Å². The molecule has 2 fully saturated rings. The van der Waals surface area contributed by atoms with Gasteiger partial charge in [0.15, 0.2) is 5.82 Å². The van der Waals surface area contributed by atoms with E-state index in [0.717, 1.165) is 11.3 Å². The largest absolute Gasteiger partial charge is 0.361 e. The number of aromatic nitrogens is 1. The number of allylic oxidation sites excluding steroid dienone is 2. The van der Waals surface area contributed by atoms with Gasteiger partial charge < -0.3 is 10.2 Å². The van der Waals surface area contributed by atoms with E-state index in [4.69, 9.17) is 0 Å². The minimum absolute atomic E-state index is 0.151. The number of carbonyl (C=O) groups is 3. The molecule has 4 unspecified atom stereocenters. The van der Waals surface area contributed by atoms with E-state index < -0.39 is 5.91 Å². The number of nitrogens with one attached hydrogen (secondary N) is 1. The molecule has 1 aromatic rings. The zero-order chi connectivity index (χ0) is 17.7. The summed E-state index contributed by atoms with van der Waals surface area (Å²) in [7, 11) is 3.66. The van der Waals surface area contributed by atoms with Crippen LogP contribution in [-0.2, 0) is 14.4 Å². The van der Waals surface area contributed by atoms with Crippen molar-refractivity contribution in [3.8, 4) is 0 Å². The van der Waals surface area contributed by atoms with Crippen LogP contribution in [0.4, 0.5) is 11.5 Å². The molecule has 3 amide bonds. The smallest absolute Gasteiger partial charge is 0.244 e. The topological polar surface area (TPSA) is 82.6 Å². The molecule has 4 atom stereocenters. The SMILES string of the molecule is CN(C)c1ncccc1NC(=O)CN1C(=O)C2C3C=CC(C3)C2C1=O. The van der Waals surface area contributed by atoms with Crippen molar-refractivity contribution in [2.75, 3.05) is 30.9 Å². The zero-order valence-electron chi connectivity index (χ0n) is 14.2. The quantitative estimate of drug-likeness (QED) is 0.650. The molecule has 7 nitrogen and oxygen atoms in total. The number of nitrogens with zero attached hydrogens (tertiary/aromatic N) is 3. The molecule has 1 saturated carbocycles. The number of rotatable bonds is 4. The third-order valence-corrected chi connectivity index (χ3v) is 5.35. The summed E-state index contributed by atoms with van der Waals surface area (Å²) in [5.74, 6) is -0.428. The minimum Gasteiger partial charge on any atom is -0.361 e. The summed E-state index contributed by atoms with van der Waals surface area (Å²) in [6, 6.07) is 3.47. The van der Waals surface area contributed by atoms with Gasteiger partial charge in [-0.05, 0) is 30.4 Å². The molecule has 3 aliphatic rings. The number of likely N-dealkylation sites (tertiary alicyclic amines) is 1. The number of anilines is 2. The Hall–Kier alpha value is -2.70. The highest BCUT2D eigenvalue weighted by atomic mass is 16.2. The maximum Gasteiger partial charge on any atom is 0.244 e. The van der Waals surface area contributed by atoms with E-state index in [9.17, 15) is 14.4 Å². The van der Waals surface area contributed by atoms with Gasteiger partial charge in [0.05, 0.1) is 17.5 Å². The second kappa shape index (κ2) is 5.68. The lowest BCUT2D eigenvalue weighted by Crippen LogP contribution is -2.39. The Balaban J connectivity index is 1.47. The molecule has 2 bridgehead atoms. The molecule has 25 heavy (non-hydrogen) atoms. The molecule has 2 heterocycles. The first-order chi connectivity index (χ1) is 12.0. The standard InChI is InChI=1S/C18H20N4O3/c1-21(2)16-12(4-3-7-19-16)20-13(23)9-22-17(24)14-10-5-6-11(8-10)15(14)18(22)25/h3-7,10-11,14-15H,8-9H2,1-2H3,(H,20,23). The lowest BCUT2D eigenvalue weighted by Gasteiger charge is -2.19. The van der Waals surface area contributed by atoms with Crippen molar-refractivity contribution in [1.82, 2.24) is 9.88 Å². The molecular weight excluding hydrogens is 320 g/mol. The molecule has 0 spiro atoms. The molecule has 0 aromatic carbocycles. The van der Waals surface area contributed by atoms with Crippen LogP contribution >= 0.6 is 0 Å². The van der Waals surface area contributed by atoms with Crippen molar-refractivity contribution in [2.45, 2.75) is 6.42 Å². The Morgan fingerprint density at radius 3 is 2.48 bits per heavy atom. The highest BCUT2D eigenvalue weighted by molar-refractivity contribution is 6.09. The van der Waals surface area contributed by atoms with Crippen molar-refractivity contribution >= 4 is 29.2 Å². The van der Waals surface area contributed by atoms with Gasteiger partial charge in [-0.3, -0.25) is 19.3 Å². The maximum absolute atomic E-state index is 12.6. The molecule has 1 N–H and O–H groups in total. The van der Waals surface area contributed by atoms with E-state index in [2.05, 4.69) is 10.3 Å². The summed E-state index contributed by atoms with van der Waals surface area (Å²) in [6.07, 6.45) is 6.61. The van der Waals surface area contributed by atoms with Gasteiger partial charge in [0.25, 0.3) is 0 Å². The predicted octanol–water partition coefficient (Wildman–Crippen LogP) is 0.893. The summed E-state index contributed by atoms with van der Waals surface area (Å²) in [4.78, 5) is 44.8. The molecule has 1 aromatic heterocycles. The fourth-order valence-corrected chi connectivity index (χ4v) is 4.30. The molecule has 4 rings (SSSR count). The van der Waals surface area contributed by atoms with Crippen molar-refractivity contribution < 1.29 is 14.4 Å². The second-order valence-electron chi connectivity index (χ2n) is 7.08. The van der Waals surface area contributed by atoms with Gasteiger partial charge in [-0.25, -0.2) is 4.98 Å². The predicted molar refractivity (Wildman–Crippen MR) is 91.6 cm³/mol. The third-order valence-electron chi connectivity index (χ3n) is 5.35. The van der Waals surface area contributed by atoms with Crippen LogP contribution in [0, 0.1) is 23.7 Å². The van der Waals surface area contributed by atoms with Crippen LogP contribution in [0.3, 0.4) is 0 Å². The number of fused-ring (bicyclic) bond motifs is 5. The van der Waals surface area contributed by atoms with E-state index in [1.165, 1.54) is 0 Å². The number of hydrogen-bond donors (Lipinski definition) is 1. The average Bonchev–Trinajstić information content (AvgIpc) is 3.25. The van der Waals surface area contributed by atoms with Gasteiger partial charge in [-0.2, -0.15) is 0 Å². The molecule has 2 aliphatic carbocycles. The molecule has 1 saturated heterocycles. The first-order valence-electron chi connectivity index (χ1n) is 8.43. The Bertz CT molecular complexity index is 758. The van der Waals surface area contributed by atoms with Gasteiger partial charge in [0.2, 0.25) is 17.7 Å². The van der Waals surface area contributed by atoms with E-state index in [0.29, 0.717) is 11.5 Å². The van der Waals surface area contributed by atoms with Crippen molar-refractivity contribution in [2.24, 2.45) is 23.7 Å². The number of carbonyl (C=O) groups excluding carboxylic acids is 3. The normalized spacial score (nSPS) is 29.3. The van der Waals surface area contributed by atoms with Crippen molar-refractivity contribution in [3.63, 3.8) is 0 Å². The summed E-state index contributed by atoms with van der Waals surface area (Å²) in [6.45, 7) is -0.244. The number of imide groups is 1. The van der Waals surface area contributed by atoms with Crippen molar-refractivity contribution in [1.29, 1.82) is 0 Å². The van der Waals surface area contributed by atoms with Crippen molar-refractivity contribution in [3.05, 3.63) is 30.5 Å². The fourth-order valence-electron chi connectivity index (χ4n) is 4.30. The highest BCUT2D eigenvalue weighted by Gasteiger charge is 2.59. The van der Waals surface area contributed by atoms with E-state index in [1.54, 1.807) is 23.2 Å². The van der Waals surface area contributed by atoms with Crippen LogP contribution in [-0.4, -0.2) is 48.2 Å². The van der Waals surface area contributed by atoms with E-state index in [1.807, 2.05) is 26.2 Å². The number of pyridine rings is 1. The van der Waals surface area contributed by atoms with Crippen LogP contribution in [0.25, 0.3) is 0 Å². The zero-order valence-corrected chi connectivity index (χ0v) is 14.2. The summed E-state index contributed by atoms with van der Waals surface area (Å²) >= 11 is 0. The number of amides is 3. The minimum atomic E-state index is -0.391. The Labute approximate surface area is 145 Å². The third kappa shape index (κ3) is 2.42. The molecular formula is C18H20N4O3. The van der Waals surface area contributed by atoms with Gasteiger partial charge >= 0.3 is 0 Å². The summed E-state index contributed by atoms with van der Waals surface area (Å²) < 4.78 is 0. The van der Waals surface area contributed by atoms with Crippen LogP contribution in [0.5, 0.6) is 0 Å². The molecule has 7 heteroatoms. The van der Waals surface area contributed by atoms with Crippen LogP contribution in [0.1, 0.15) is 6.42 Å². The lowest BCUT2D eigenvalue weighted by molar-refractivity contribution is -0.143. The second-order valence-corrected chi connectivity index (χ2v) is 7.08. The Morgan fingerprint density at radius 2 is 1.88 bits per heavy atom. The lowest BCUT2D eigenvalue weighted by atomic mass is 9.85. The molecule has 130 valence electrons. The monoisotopic (exact) mass is 340 g/mol. The number of hydrogen-bond acceptors (Lipinski definition) is 5. The van der Waals surface area contributed by atoms with Crippen LogP contribution in [0.2, 0.25) is 0 Å². The van der Waals surface area contributed by atoms with Gasteiger partial charge in [0.1, 0.15) is 6.54 Å². The van der Waals surface area contributed by atoms with Gasteiger partial charge in [-0.15, -0.1) is 0 Å². The maximum atomic E-state index is 12.6. The summed E-state index contributed by atoms with van der Waals surface area (Å²) in [5.41, 5.74) is 0.554. The first kappa shape index (κ1) is 15.8. The Kier molecular flexibility index (Phi) is 3.59. The van der Waals surface area contributed by atoms with Crippen LogP contribution in [0.15, 0.2) is 30.5 Å². The molecule has 0 radical (unpaired) electrons.